The van der Waals surface area contributed by atoms with Gasteiger partial charge in [0.25, 0.3) is 0 Å². The van der Waals surface area contributed by atoms with Crippen LogP contribution in [0.15, 0.2) is 35.5 Å². The van der Waals surface area contributed by atoms with Crippen LogP contribution in [0.1, 0.15) is 16.2 Å². The number of pyridine rings is 1. The van der Waals surface area contributed by atoms with Crippen LogP contribution in [0.3, 0.4) is 0 Å². The lowest BCUT2D eigenvalue weighted by Crippen LogP contribution is -2.05. The average molecular weight is 309 g/mol. The molecule has 0 aliphatic heterocycles. The number of nitrogens with zero attached hydrogens (tertiary/aromatic N) is 1. The Morgan fingerprint density at radius 3 is 2.67 bits per heavy atom. The average Bonchev–Trinajstić information content (AvgIpc) is 2.92. The van der Waals surface area contributed by atoms with Crippen LogP contribution < -0.4 is 5.32 Å². The first kappa shape index (κ1) is 15.0. The van der Waals surface area contributed by atoms with Gasteiger partial charge in [-0.1, -0.05) is 0 Å². The smallest absolute Gasteiger partial charge is 0.354 e. The number of esters is 1. The Bertz CT molecular complexity index is 735. The lowest BCUT2D eigenvalue weighted by Gasteiger charge is -2.05. The van der Waals surface area contributed by atoms with E-state index >= 15 is 0 Å². The highest BCUT2D eigenvalue weighted by Crippen LogP contribution is 2.12. The minimum atomic E-state index is -3.29. The molecule has 0 spiro atoms. The third kappa shape index (κ3) is 3.82. The molecule has 8 heteroatoms. The quantitative estimate of drug-likeness (QED) is 0.805. The Balaban J connectivity index is 2.00. The summed E-state index contributed by atoms with van der Waals surface area (Å²) in [7, 11) is -1.98. The van der Waals surface area contributed by atoms with Gasteiger partial charge in [-0.05, 0) is 24.3 Å². The van der Waals surface area contributed by atoms with Crippen molar-refractivity contribution in [2.75, 3.05) is 18.7 Å². The number of ether oxygens (including phenoxy) is 1. The topological polar surface area (TPSA) is 101 Å². The molecule has 7 nitrogen and oxygen atoms in total. The highest BCUT2D eigenvalue weighted by atomic mass is 32.2. The molecule has 0 unspecified atom stereocenters. The van der Waals surface area contributed by atoms with Crippen molar-refractivity contribution in [1.82, 2.24) is 9.97 Å². The predicted molar refractivity (Wildman–Crippen MR) is 76.8 cm³/mol. The van der Waals surface area contributed by atoms with Crippen molar-refractivity contribution in [1.29, 1.82) is 0 Å². The molecule has 2 N–H and O–H groups in total. The number of hydrogen-bond acceptors (Lipinski definition) is 6. The number of nitrogens with one attached hydrogen (secondary N) is 2. The lowest BCUT2D eigenvalue weighted by atomic mass is 10.4. The molecule has 0 fully saturated rings. The molecule has 0 amide bonds. The molecule has 0 aromatic carbocycles. The molecule has 0 atom stereocenters. The maximum Gasteiger partial charge on any atom is 0.354 e. The molecule has 0 radical (unpaired) electrons. The molecule has 0 aliphatic rings. The number of aromatic nitrogens is 2. The van der Waals surface area contributed by atoms with Crippen molar-refractivity contribution in [2.45, 2.75) is 11.6 Å². The number of anilines is 1. The van der Waals surface area contributed by atoms with Crippen LogP contribution in [0.5, 0.6) is 0 Å². The van der Waals surface area contributed by atoms with Crippen LogP contribution in [-0.2, 0) is 21.1 Å². The summed E-state index contributed by atoms with van der Waals surface area (Å²) in [5.74, 6) is -0.430. The van der Waals surface area contributed by atoms with Gasteiger partial charge in [-0.25, -0.2) is 18.2 Å². The summed E-state index contributed by atoms with van der Waals surface area (Å²) < 4.78 is 27.2. The predicted octanol–water partition coefficient (Wildman–Crippen LogP) is 1.21. The number of carbonyl (C=O) groups excluding carboxylic acids is 1. The molecule has 2 aromatic heterocycles. The third-order valence-electron chi connectivity index (χ3n) is 2.75. The van der Waals surface area contributed by atoms with Gasteiger partial charge in [0.15, 0.2) is 14.9 Å². The summed E-state index contributed by atoms with van der Waals surface area (Å²) >= 11 is 0. The molecule has 112 valence electrons. The Kier molecular flexibility index (Phi) is 4.27. The SMILES string of the molecule is COC(=O)c1ccc(CNc2ccc(S(C)(=O)=O)nc2)[nH]1. The van der Waals surface area contributed by atoms with Crippen molar-refractivity contribution in [3.05, 3.63) is 41.9 Å². The minimum Gasteiger partial charge on any atom is -0.464 e. The van der Waals surface area contributed by atoms with E-state index in [0.717, 1.165) is 11.9 Å². The second kappa shape index (κ2) is 5.96. The van der Waals surface area contributed by atoms with Crippen LogP contribution in [0.2, 0.25) is 0 Å². The first-order valence-electron chi connectivity index (χ1n) is 6.06. The summed E-state index contributed by atoms with van der Waals surface area (Å²) in [6.07, 6.45) is 2.55. The fourth-order valence-corrected chi connectivity index (χ4v) is 2.23. The number of methoxy groups -OCH3 is 1. The van der Waals surface area contributed by atoms with Gasteiger partial charge in [0, 0.05) is 11.9 Å². The Morgan fingerprint density at radius 1 is 1.33 bits per heavy atom. The van der Waals surface area contributed by atoms with Gasteiger partial charge in [0.2, 0.25) is 0 Å². The Hall–Kier alpha value is -2.35. The summed E-state index contributed by atoms with van der Waals surface area (Å²) in [6.45, 7) is 0.441. The highest BCUT2D eigenvalue weighted by Gasteiger charge is 2.09. The largest absolute Gasteiger partial charge is 0.464 e. The number of aromatic amines is 1. The molecule has 2 rings (SSSR count). The van der Waals surface area contributed by atoms with Gasteiger partial charge in [-0.2, -0.15) is 0 Å². The second-order valence-electron chi connectivity index (χ2n) is 4.40. The molecule has 2 heterocycles. The zero-order valence-electron chi connectivity index (χ0n) is 11.6. The molecule has 21 heavy (non-hydrogen) atoms. The van der Waals surface area contributed by atoms with E-state index in [1.54, 1.807) is 18.2 Å². The zero-order valence-corrected chi connectivity index (χ0v) is 12.4. The van der Waals surface area contributed by atoms with E-state index in [0.29, 0.717) is 17.9 Å². The Labute approximate surface area is 122 Å². The van der Waals surface area contributed by atoms with Crippen LogP contribution in [0.25, 0.3) is 0 Å². The standard InChI is InChI=1S/C13H15N3O4S/c1-20-13(17)11-5-3-10(16-11)8-14-9-4-6-12(15-7-9)21(2,18)19/h3-7,14,16H,8H2,1-2H3. The highest BCUT2D eigenvalue weighted by molar-refractivity contribution is 7.90. The molecule has 0 aliphatic carbocycles. The van der Waals surface area contributed by atoms with Crippen LogP contribution in [0, 0.1) is 0 Å². The van der Waals surface area contributed by atoms with Gasteiger partial charge in [-0.15, -0.1) is 0 Å². The van der Waals surface area contributed by atoms with E-state index in [2.05, 4.69) is 20.0 Å². The van der Waals surface area contributed by atoms with Gasteiger partial charge in [0.1, 0.15) is 5.69 Å². The van der Waals surface area contributed by atoms with Gasteiger partial charge in [0.05, 0.1) is 25.5 Å². The second-order valence-corrected chi connectivity index (χ2v) is 6.36. The number of rotatable bonds is 5. The molecule has 0 saturated carbocycles. The molecular formula is C13H15N3O4S. The van der Waals surface area contributed by atoms with Crippen molar-refractivity contribution in [3.8, 4) is 0 Å². The van der Waals surface area contributed by atoms with Crippen molar-refractivity contribution in [2.24, 2.45) is 0 Å². The number of H-pyrrole nitrogens is 1. The molecular weight excluding hydrogens is 294 g/mol. The fraction of sp³-hybridized carbons (Fsp3) is 0.231. The maximum atomic E-state index is 11.3. The lowest BCUT2D eigenvalue weighted by molar-refractivity contribution is 0.0594. The number of sulfone groups is 1. The van der Waals surface area contributed by atoms with Crippen LogP contribution >= 0.6 is 0 Å². The van der Waals surface area contributed by atoms with Gasteiger partial charge in [-0.3, -0.25) is 0 Å². The van der Waals surface area contributed by atoms with E-state index in [4.69, 9.17) is 0 Å². The summed E-state index contributed by atoms with van der Waals surface area (Å²) in [4.78, 5) is 18.1. The van der Waals surface area contributed by atoms with Gasteiger partial charge >= 0.3 is 5.97 Å². The van der Waals surface area contributed by atoms with Crippen molar-refractivity contribution >= 4 is 21.5 Å². The molecule has 2 aromatic rings. The summed E-state index contributed by atoms with van der Waals surface area (Å²) in [5, 5.41) is 3.10. The van der Waals surface area contributed by atoms with Crippen molar-refractivity contribution < 1.29 is 17.9 Å². The monoisotopic (exact) mass is 309 g/mol. The number of hydrogen-bond donors (Lipinski definition) is 2. The first-order valence-corrected chi connectivity index (χ1v) is 7.95. The fourth-order valence-electron chi connectivity index (χ4n) is 1.67. The van der Waals surface area contributed by atoms with Crippen molar-refractivity contribution in [3.63, 3.8) is 0 Å². The molecule has 0 saturated heterocycles. The third-order valence-corrected chi connectivity index (χ3v) is 3.75. The van der Waals surface area contributed by atoms with E-state index in [-0.39, 0.29) is 5.03 Å². The maximum absolute atomic E-state index is 11.3. The zero-order chi connectivity index (χ0) is 15.5. The van der Waals surface area contributed by atoms with Gasteiger partial charge < -0.3 is 15.0 Å². The number of carbonyl (C=O) groups is 1. The summed E-state index contributed by atoms with van der Waals surface area (Å²) in [5.41, 5.74) is 1.85. The Morgan fingerprint density at radius 2 is 2.10 bits per heavy atom. The van der Waals surface area contributed by atoms with Crippen LogP contribution in [0.4, 0.5) is 5.69 Å². The summed E-state index contributed by atoms with van der Waals surface area (Å²) in [6, 6.07) is 6.46. The van der Waals surface area contributed by atoms with E-state index in [1.807, 2.05) is 0 Å². The van der Waals surface area contributed by atoms with E-state index in [1.165, 1.54) is 19.4 Å². The van der Waals surface area contributed by atoms with E-state index < -0.39 is 15.8 Å². The van der Waals surface area contributed by atoms with Crippen LogP contribution in [-0.4, -0.2) is 37.7 Å². The molecule has 0 bridgehead atoms. The van der Waals surface area contributed by atoms with E-state index in [9.17, 15) is 13.2 Å². The first-order chi connectivity index (χ1) is 9.90. The minimum absolute atomic E-state index is 0.0286. The normalized spacial score (nSPS) is 11.1.